The summed E-state index contributed by atoms with van der Waals surface area (Å²) in [5, 5.41) is 4.68. The molecule has 0 saturated heterocycles. The normalized spacial score (nSPS) is 20.5. The van der Waals surface area contributed by atoms with E-state index in [1.165, 1.54) is 27.1 Å². The maximum Gasteiger partial charge on any atom is 0.00215 e. The standard InChI is InChI=1S/C44H38/c1-6-8-17-34-19-10-12-21-38(34)35-27-26-30(3)36(29-35)28-31(4)43-39-22-13-15-24-41(39)44(42-25-16-14-23-40(42)43)32(5)37-20-11-9-18-33(37)7-2/h6-28,34-35,38H,1-5,29H2/b17-8-,36-28-. The van der Waals surface area contributed by atoms with Crippen molar-refractivity contribution in [2.24, 2.45) is 17.8 Å². The molecule has 3 atom stereocenters. The molecule has 3 unspecified atom stereocenters. The Hall–Kier alpha value is -5.20. The molecule has 0 N–H and O–H groups in total. The molecule has 2 aliphatic rings. The van der Waals surface area contributed by atoms with E-state index >= 15 is 0 Å². The Balaban J connectivity index is 1.45. The van der Waals surface area contributed by atoms with Crippen LogP contribution in [-0.2, 0) is 0 Å². The highest BCUT2D eigenvalue weighted by Crippen LogP contribution is 2.43. The minimum absolute atomic E-state index is 0.336. The molecule has 4 aromatic rings. The highest BCUT2D eigenvalue weighted by Gasteiger charge is 2.27. The van der Waals surface area contributed by atoms with Crippen LogP contribution in [0.2, 0.25) is 0 Å². The third-order valence-electron chi connectivity index (χ3n) is 9.01. The molecule has 0 saturated carbocycles. The topological polar surface area (TPSA) is 0 Å². The molecule has 0 aromatic heterocycles. The lowest BCUT2D eigenvalue weighted by molar-refractivity contribution is 0.410. The van der Waals surface area contributed by atoms with Gasteiger partial charge in [0.1, 0.15) is 0 Å². The molecular weight excluding hydrogens is 528 g/mol. The van der Waals surface area contributed by atoms with Crippen LogP contribution in [0.1, 0.15) is 28.7 Å². The third-order valence-corrected chi connectivity index (χ3v) is 9.01. The van der Waals surface area contributed by atoms with Crippen LogP contribution < -0.4 is 0 Å². The van der Waals surface area contributed by atoms with Crippen molar-refractivity contribution in [3.05, 3.63) is 200 Å². The molecule has 0 amide bonds. The zero-order chi connectivity index (χ0) is 30.6. The first-order valence-electron chi connectivity index (χ1n) is 15.3. The molecule has 0 bridgehead atoms. The fourth-order valence-corrected chi connectivity index (χ4v) is 6.85. The van der Waals surface area contributed by atoms with Gasteiger partial charge in [-0.3, -0.25) is 0 Å². The highest BCUT2D eigenvalue weighted by atomic mass is 14.3. The van der Waals surface area contributed by atoms with Crippen LogP contribution in [0.15, 0.2) is 178 Å². The summed E-state index contributed by atoms with van der Waals surface area (Å²) in [4.78, 5) is 0. The Morgan fingerprint density at radius 1 is 0.727 bits per heavy atom. The molecule has 214 valence electrons. The first-order chi connectivity index (χ1) is 21.5. The summed E-state index contributed by atoms with van der Waals surface area (Å²) in [6.45, 7) is 21.7. The summed E-state index contributed by atoms with van der Waals surface area (Å²) in [5.74, 6) is 1.08. The van der Waals surface area contributed by atoms with Crippen molar-refractivity contribution in [3.63, 3.8) is 0 Å². The van der Waals surface area contributed by atoms with Gasteiger partial charge in [-0.25, -0.2) is 0 Å². The second-order valence-electron chi connectivity index (χ2n) is 11.6. The highest BCUT2D eigenvalue weighted by molar-refractivity contribution is 6.18. The van der Waals surface area contributed by atoms with Crippen LogP contribution in [0.4, 0.5) is 0 Å². The van der Waals surface area contributed by atoms with E-state index in [0.717, 1.165) is 45.4 Å². The molecule has 2 aliphatic carbocycles. The number of hydrogen-bond acceptors (Lipinski definition) is 0. The number of fused-ring (bicyclic) bond motifs is 2. The van der Waals surface area contributed by atoms with Crippen molar-refractivity contribution in [2.45, 2.75) is 6.42 Å². The van der Waals surface area contributed by atoms with E-state index in [4.69, 9.17) is 0 Å². The summed E-state index contributed by atoms with van der Waals surface area (Å²) in [6, 6.07) is 25.6. The monoisotopic (exact) mass is 566 g/mol. The van der Waals surface area contributed by atoms with Gasteiger partial charge in [0.25, 0.3) is 0 Å². The van der Waals surface area contributed by atoms with Crippen LogP contribution in [0.3, 0.4) is 0 Å². The summed E-state index contributed by atoms with van der Waals surface area (Å²) >= 11 is 0. The first kappa shape index (κ1) is 28.9. The zero-order valence-electron chi connectivity index (χ0n) is 25.3. The molecule has 0 fully saturated rings. The predicted octanol–water partition coefficient (Wildman–Crippen LogP) is 11.9. The van der Waals surface area contributed by atoms with Gasteiger partial charge in [0, 0.05) is 5.92 Å². The largest absolute Gasteiger partial charge is 0.0991 e. The lowest BCUT2D eigenvalue weighted by Crippen LogP contribution is -2.22. The van der Waals surface area contributed by atoms with Gasteiger partial charge < -0.3 is 0 Å². The van der Waals surface area contributed by atoms with Crippen molar-refractivity contribution in [3.8, 4) is 0 Å². The average Bonchev–Trinajstić information content (AvgIpc) is 3.06. The molecule has 0 nitrogen and oxygen atoms in total. The molecule has 0 radical (unpaired) electrons. The van der Waals surface area contributed by atoms with Gasteiger partial charge in [0.15, 0.2) is 0 Å². The van der Waals surface area contributed by atoms with Crippen LogP contribution in [0.25, 0.3) is 38.8 Å². The summed E-state index contributed by atoms with van der Waals surface area (Å²) in [6.07, 6.45) is 24.7. The molecule has 6 rings (SSSR count). The smallest absolute Gasteiger partial charge is 0.00215 e. The Morgan fingerprint density at radius 3 is 2.00 bits per heavy atom. The maximum atomic E-state index is 4.68. The van der Waals surface area contributed by atoms with Gasteiger partial charge in [-0.1, -0.05) is 173 Å². The Morgan fingerprint density at radius 2 is 1.34 bits per heavy atom. The summed E-state index contributed by atoms with van der Waals surface area (Å²) in [7, 11) is 0. The van der Waals surface area contributed by atoms with E-state index in [2.05, 4.69) is 154 Å². The van der Waals surface area contributed by atoms with E-state index in [1.54, 1.807) is 0 Å². The Labute approximate surface area is 262 Å². The van der Waals surface area contributed by atoms with Crippen molar-refractivity contribution >= 4 is 38.8 Å². The average molecular weight is 567 g/mol. The number of benzene rings is 4. The van der Waals surface area contributed by atoms with E-state index in [-0.39, 0.29) is 0 Å². The molecule has 0 heterocycles. The zero-order valence-corrected chi connectivity index (χ0v) is 25.3. The van der Waals surface area contributed by atoms with Crippen LogP contribution >= 0.6 is 0 Å². The van der Waals surface area contributed by atoms with Gasteiger partial charge >= 0.3 is 0 Å². The van der Waals surface area contributed by atoms with Crippen LogP contribution in [0.5, 0.6) is 0 Å². The van der Waals surface area contributed by atoms with Crippen molar-refractivity contribution in [2.75, 3.05) is 0 Å². The summed E-state index contributed by atoms with van der Waals surface area (Å²) in [5.41, 5.74) is 8.75. The van der Waals surface area contributed by atoms with Crippen LogP contribution in [0, 0.1) is 17.8 Å². The lowest BCUT2D eigenvalue weighted by atomic mass is 9.73. The van der Waals surface area contributed by atoms with Gasteiger partial charge in [-0.2, -0.15) is 0 Å². The molecule has 4 aromatic carbocycles. The van der Waals surface area contributed by atoms with E-state index in [0.29, 0.717) is 17.8 Å². The van der Waals surface area contributed by atoms with Crippen molar-refractivity contribution in [1.29, 1.82) is 0 Å². The molecule has 0 heteroatoms. The number of hydrogen-bond donors (Lipinski definition) is 0. The molecule has 0 aliphatic heterocycles. The Kier molecular flexibility index (Phi) is 8.26. The van der Waals surface area contributed by atoms with Gasteiger partial charge in [0.2, 0.25) is 0 Å². The van der Waals surface area contributed by atoms with E-state index in [1.807, 2.05) is 18.2 Å². The van der Waals surface area contributed by atoms with Crippen molar-refractivity contribution in [1.82, 2.24) is 0 Å². The number of allylic oxidation sites excluding steroid dienone is 13. The second kappa shape index (κ2) is 12.6. The van der Waals surface area contributed by atoms with Gasteiger partial charge in [0.05, 0.1) is 0 Å². The summed E-state index contributed by atoms with van der Waals surface area (Å²) < 4.78 is 0. The molecule has 44 heavy (non-hydrogen) atoms. The van der Waals surface area contributed by atoms with E-state index < -0.39 is 0 Å². The minimum atomic E-state index is 0.336. The second-order valence-corrected chi connectivity index (χ2v) is 11.6. The quantitative estimate of drug-likeness (QED) is 0.147. The lowest BCUT2D eigenvalue weighted by Gasteiger charge is -2.31. The van der Waals surface area contributed by atoms with E-state index in [9.17, 15) is 0 Å². The Bertz CT molecular complexity index is 1920. The first-order valence-corrected chi connectivity index (χ1v) is 15.3. The predicted molar refractivity (Wildman–Crippen MR) is 194 cm³/mol. The van der Waals surface area contributed by atoms with Gasteiger partial charge in [-0.05, 0) is 84.3 Å². The maximum absolute atomic E-state index is 4.68. The fraction of sp³-hybridized carbons (Fsp3) is 0.0909. The molecule has 0 spiro atoms. The molecular formula is C44H38. The van der Waals surface area contributed by atoms with Crippen LogP contribution in [-0.4, -0.2) is 0 Å². The van der Waals surface area contributed by atoms with Gasteiger partial charge in [-0.15, -0.1) is 0 Å². The SMILES string of the molecule is C=C/C=C\C1C=CC=CC1C1C=CC(=C)/C(=C\C(=C)c2c3ccccc3c(C(=C)c3ccccc3C=C)c3ccccc23)C1. The fourth-order valence-electron chi connectivity index (χ4n) is 6.85. The third kappa shape index (κ3) is 5.36. The number of rotatable bonds is 8. The minimum Gasteiger partial charge on any atom is -0.0991 e. The van der Waals surface area contributed by atoms with Crippen molar-refractivity contribution < 1.29 is 0 Å².